The summed E-state index contributed by atoms with van der Waals surface area (Å²) < 4.78 is 4.95. The van der Waals surface area contributed by atoms with Crippen LogP contribution in [0.4, 0.5) is 0 Å². The van der Waals surface area contributed by atoms with Crippen molar-refractivity contribution in [3.8, 4) is 0 Å². The molecule has 82 valence electrons. The third-order valence-electron chi connectivity index (χ3n) is 2.70. The van der Waals surface area contributed by atoms with E-state index in [1.807, 2.05) is 0 Å². The summed E-state index contributed by atoms with van der Waals surface area (Å²) in [6.45, 7) is 1.51. The highest BCUT2D eigenvalue weighted by Gasteiger charge is 2.46. The minimum absolute atomic E-state index is 0.385. The van der Waals surface area contributed by atoms with Crippen LogP contribution in [0.25, 0.3) is 0 Å². The van der Waals surface area contributed by atoms with Crippen LogP contribution in [0.2, 0.25) is 0 Å². The Balaban J connectivity index is 2.42. The topological polar surface area (TPSA) is 60.4 Å². The smallest absolute Gasteiger partial charge is 0.376 e. The second-order valence-corrected chi connectivity index (χ2v) is 3.81. The predicted octanol–water partition coefficient (Wildman–Crippen LogP) is 0.987. The lowest BCUT2D eigenvalue weighted by molar-refractivity contribution is -0.177. The molecule has 1 aromatic carbocycles. The van der Waals surface area contributed by atoms with Crippen molar-refractivity contribution in [2.45, 2.75) is 18.9 Å². The minimum atomic E-state index is -1.33. The lowest BCUT2D eigenvalue weighted by Gasteiger charge is -2.31. The zero-order valence-electron chi connectivity index (χ0n) is 8.73. The Kier molecular flexibility index (Phi) is 2.34. The monoisotopic (exact) mass is 218 g/mol. The van der Waals surface area contributed by atoms with E-state index in [4.69, 9.17) is 4.74 Å². The van der Waals surface area contributed by atoms with Gasteiger partial charge in [0.25, 0.3) is 0 Å². The van der Waals surface area contributed by atoms with Crippen LogP contribution in [-0.2, 0) is 24.7 Å². The molecule has 0 aliphatic carbocycles. The normalized spacial score (nSPS) is 25.4. The van der Waals surface area contributed by atoms with E-state index in [9.17, 15) is 14.4 Å². The molecule has 1 fully saturated rings. The largest absolute Gasteiger partial charge is 0.441 e. The zero-order chi connectivity index (χ0) is 11.8. The first-order valence-corrected chi connectivity index (χ1v) is 4.89. The molecule has 1 unspecified atom stereocenters. The number of ether oxygens (including phenoxy) is 1. The van der Waals surface area contributed by atoms with Gasteiger partial charge in [0.05, 0.1) is 6.42 Å². The van der Waals surface area contributed by atoms with E-state index in [0.29, 0.717) is 5.56 Å². The number of carbonyl (C=O) groups excluding carboxylic acids is 3. The summed E-state index contributed by atoms with van der Waals surface area (Å²) in [5.74, 6) is -2.10. The number of hydrogen-bond acceptors (Lipinski definition) is 4. The first-order valence-electron chi connectivity index (χ1n) is 4.89. The molecule has 0 amide bonds. The fourth-order valence-electron chi connectivity index (χ4n) is 1.66. The molecule has 0 saturated carbocycles. The Bertz CT molecular complexity index is 463. The highest BCUT2D eigenvalue weighted by Crippen LogP contribution is 2.31. The Hall–Kier alpha value is -1.97. The van der Waals surface area contributed by atoms with Crippen LogP contribution in [0.1, 0.15) is 18.9 Å². The van der Waals surface area contributed by atoms with Gasteiger partial charge in [-0.05, 0) is 6.92 Å². The number of benzene rings is 1. The van der Waals surface area contributed by atoms with Gasteiger partial charge in [0.15, 0.2) is 11.4 Å². The van der Waals surface area contributed by atoms with Gasteiger partial charge in [-0.1, -0.05) is 30.3 Å². The molecular formula is C12H10O4. The maximum atomic E-state index is 11.8. The van der Waals surface area contributed by atoms with Crippen molar-refractivity contribution >= 4 is 17.5 Å². The fraction of sp³-hybridized carbons (Fsp3) is 0.250. The summed E-state index contributed by atoms with van der Waals surface area (Å²) in [6.07, 6.45) is -0.385. The molecule has 1 aromatic rings. The summed E-state index contributed by atoms with van der Waals surface area (Å²) in [4.78, 5) is 34.0. The summed E-state index contributed by atoms with van der Waals surface area (Å²) in [7, 11) is 0. The molecule has 0 spiro atoms. The van der Waals surface area contributed by atoms with Gasteiger partial charge in [-0.25, -0.2) is 4.79 Å². The van der Waals surface area contributed by atoms with E-state index in [2.05, 4.69) is 0 Å². The van der Waals surface area contributed by atoms with E-state index in [1.165, 1.54) is 6.92 Å². The maximum absolute atomic E-state index is 11.8. The van der Waals surface area contributed by atoms with Crippen molar-refractivity contribution in [2.75, 3.05) is 0 Å². The average Bonchev–Trinajstić information content (AvgIpc) is 2.28. The predicted molar refractivity (Wildman–Crippen MR) is 54.5 cm³/mol. The molecule has 1 aliphatic rings. The molecule has 16 heavy (non-hydrogen) atoms. The van der Waals surface area contributed by atoms with Crippen molar-refractivity contribution in [3.63, 3.8) is 0 Å². The second kappa shape index (κ2) is 3.56. The average molecular weight is 218 g/mol. The van der Waals surface area contributed by atoms with Crippen molar-refractivity contribution in [3.05, 3.63) is 35.9 Å². The Morgan fingerprint density at radius 2 is 1.75 bits per heavy atom. The maximum Gasteiger partial charge on any atom is 0.376 e. The molecule has 4 heteroatoms. The van der Waals surface area contributed by atoms with E-state index >= 15 is 0 Å². The first-order chi connectivity index (χ1) is 7.54. The van der Waals surface area contributed by atoms with Crippen LogP contribution in [0.15, 0.2) is 30.3 Å². The van der Waals surface area contributed by atoms with E-state index in [-0.39, 0.29) is 12.2 Å². The number of cyclic esters (lactones) is 1. The van der Waals surface area contributed by atoms with Crippen LogP contribution >= 0.6 is 0 Å². The Morgan fingerprint density at radius 1 is 1.12 bits per heavy atom. The molecule has 0 aromatic heterocycles. The van der Waals surface area contributed by atoms with Crippen LogP contribution < -0.4 is 0 Å². The number of hydrogen-bond donors (Lipinski definition) is 0. The first kappa shape index (κ1) is 10.5. The summed E-state index contributed by atoms with van der Waals surface area (Å²) in [6, 6.07) is 8.69. The number of carbonyl (C=O) groups is 3. The quantitative estimate of drug-likeness (QED) is 0.400. The highest BCUT2D eigenvalue weighted by atomic mass is 16.6. The SMILES string of the molecule is CC1(c2ccccc2)OC(=O)C(=O)CC1=O. The number of ketones is 2. The summed E-state index contributed by atoms with van der Waals surface area (Å²) >= 11 is 0. The standard InChI is InChI=1S/C12H10O4/c1-12(8-5-3-2-4-6-8)10(14)7-9(13)11(15)16-12/h2-6H,7H2,1H3. The molecule has 1 heterocycles. The van der Waals surface area contributed by atoms with Gasteiger partial charge >= 0.3 is 5.97 Å². The highest BCUT2D eigenvalue weighted by molar-refractivity contribution is 6.39. The summed E-state index contributed by atoms with van der Waals surface area (Å²) in [5.41, 5.74) is -0.743. The molecular weight excluding hydrogens is 208 g/mol. The molecule has 1 aliphatic heterocycles. The van der Waals surface area contributed by atoms with Gasteiger partial charge in [0, 0.05) is 5.56 Å². The second-order valence-electron chi connectivity index (χ2n) is 3.81. The third kappa shape index (κ3) is 1.52. The van der Waals surface area contributed by atoms with Gasteiger partial charge in [-0.3, -0.25) is 9.59 Å². The number of esters is 1. The van der Waals surface area contributed by atoms with Crippen LogP contribution in [0.5, 0.6) is 0 Å². The molecule has 0 radical (unpaired) electrons. The molecule has 0 bridgehead atoms. The van der Waals surface area contributed by atoms with Crippen molar-refractivity contribution in [2.24, 2.45) is 0 Å². The van der Waals surface area contributed by atoms with Crippen LogP contribution in [0, 0.1) is 0 Å². The Morgan fingerprint density at radius 3 is 2.38 bits per heavy atom. The van der Waals surface area contributed by atoms with E-state index in [1.54, 1.807) is 30.3 Å². The lowest BCUT2D eigenvalue weighted by atomic mass is 9.86. The number of Topliss-reactive ketones (excluding diaryl/α,β-unsaturated/α-hetero) is 2. The van der Waals surface area contributed by atoms with Crippen LogP contribution in [0.3, 0.4) is 0 Å². The van der Waals surface area contributed by atoms with Gasteiger partial charge in [0.2, 0.25) is 5.78 Å². The zero-order valence-corrected chi connectivity index (χ0v) is 8.73. The van der Waals surface area contributed by atoms with E-state index in [0.717, 1.165) is 0 Å². The van der Waals surface area contributed by atoms with Gasteiger partial charge < -0.3 is 4.74 Å². The van der Waals surface area contributed by atoms with Gasteiger partial charge in [-0.2, -0.15) is 0 Å². The molecule has 1 saturated heterocycles. The Labute approximate surface area is 92.2 Å². The molecule has 0 N–H and O–H groups in total. The van der Waals surface area contributed by atoms with Crippen molar-refractivity contribution in [1.29, 1.82) is 0 Å². The van der Waals surface area contributed by atoms with Crippen molar-refractivity contribution < 1.29 is 19.1 Å². The number of rotatable bonds is 1. The van der Waals surface area contributed by atoms with Crippen molar-refractivity contribution in [1.82, 2.24) is 0 Å². The molecule has 4 nitrogen and oxygen atoms in total. The minimum Gasteiger partial charge on any atom is -0.441 e. The molecule has 1 atom stereocenters. The van der Waals surface area contributed by atoms with E-state index < -0.39 is 17.4 Å². The lowest BCUT2D eigenvalue weighted by Crippen LogP contribution is -2.46. The van der Waals surface area contributed by atoms with Gasteiger partial charge in [0.1, 0.15) is 0 Å². The van der Waals surface area contributed by atoms with Crippen LogP contribution in [-0.4, -0.2) is 17.5 Å². The third-order valence-corrected chi connectivity index (χ3v) is 2.70. The fourth-order valence-corrected chi connectivity index (χ4v) is 1.66. The molecule has 2 rings (SSSR count). The summed E-state index contributed by atoms with van der Waals surface area (Å²) in [5, 5.41) is 0. The van der Waals surface area contributed by atoms with Gasteiger partial charge in [-0.15, -0.1) is 0 Å².